The molecule has 4 nitrogen and oxygen atoms in total. The van der Waals surface area contributed by atoms with Crippen LogP contribution in [-0.4, -0.2) is 15.5 Å². The summed E-state index contributed by atoms with van der Waals surface area (Å²) in [4.78, 5) is 0. The molecule has 114 valence electrons. The number of sulfonamides is 1. The summed E-state index contributed by atoms with van der Waals surface area (Å²) < 4.78 is 53.2. The summed E-state index contributed by atoms with van der Waals surface area (Å²) in [5.41, 5.74) is 0.496. The summed E-state index contributed by atoms with van der Waals surface area (Å²) in [5, 5.41) is 4.60. The van der Waals surface area contributed by atoms with Crippen molar-refractivity contribution in [1.29, 1.82) is 0 Å². The standard InChI is InChI=1S/C12H11BrF2N2O2S2/c1-16-5-7-2-12(20-6-7)21(18,19)17-11-3-8(13)9(14)4-10(11)15/h2-4,6,16-17H,5H2,1H3. The largest absolute Gasteiger partial charge is 0.316 e. The number of halogens is 3. The first kappa shape index (κ1) is 16.3. The van der Waals surface area contributed by atoms with E-state index in [0.717, 1.165) is 23.0 Å². The number of anilines is 1. The Kier molecular flexibility index (Phi) is 4.97. The predicted octanol–water partition coefficient (Wildman–Crippen LogP) is 3.31. The Morgan fingerprint density at radius 3 is 2.62 bits per heavy atom. The van der Waals surface area contributed by atoms with Crippen molar-refractivity contribution >= 4 is 43.0 Å². The smallest absolute Gasteiger partial charge is 0.271 e. The molecule has 0 bridgehead atoms. The van der Waals surface area contributed by atoms with Crippen molar-refractivity contribution in [1.82, 2.24) is 5.32 Å². The van der Waals surface area contributed by atoms with Gasteiger partial charge >= 0.3 is 0 Å². The topological polar surface area (TPSA) is 58.2 Å². The summed E-state index contributed by atoms with van der Waals surface area (Å²) in [7, 11) is -2.16. The van der Waals surface area contributed by atoms with Gasteiger partial charge in [-0.25, -0.2) is 17.2 Å². The normalized spacial score (nSPS) is 11.6. The summed E-state index contributed by atoms with van der Waals surface area (Å²) >= 11 is 3.92. The van der Waals surface area contributed by atoms with Crippen molar-refractivity contribution in [3.8, 4) is 0 Å². The van der Waals surface area contributed by atoms with Crippen molar-refractivity contribution in [2.45, 2.75) is 10.8 Å². The van der Waals surface area contributed by atoms with Crippen LogP contribution in [-0.2, 0) is 16.6 Å². The second kappa shape index (κ2) is 6.39. The minimum atomic E-state index is -3.91. The van der Waals surface area contributed by atoms with E-state index in [1.54, 1.807) is 12.4 Å². The molecule has 2 rings (SSSR count). The molecule has 1 aromatic carbocycles. The molecule has 0 saturated carbocycles. The molecule has 1 heterocycles. The van der Waals surface area contributed by atoms with Crippen molar-refractivity contribution < 1.29 is 17.2 Å². The lowest BCUT2D eigenvalue weighted by atomic mass is 10.3. The third-order valence-corrected chi connectivity index (χ3v) is 5.99. The highest BCUT2D eigenvalue weighted by atomic mass is 79.9. The van der Waals surface area contributed by atoms with Crippen LogP contribution < -0.4 is 10.0 Å². The fourth-order valence-electron chi connectivity index (χ4n) is 1.59. The second-order valence-corrected chi connectivity index (χ2v) is 7.83. The van der Waals surface area contributed by atoms with Crippen molar-refractivity contribution in [3.05, 3.63) is 45.2 Å². The molecule has 0 aliphatic rings. The van der Waals surface area contributed by atoms with E-state index in [-0.39, 0.29) is 14.4 Å². The molecule has 0 spiro atoms. The third-order valence-electron chi connectivity index (χ3n) is 2.53. The van der Waals surface area contributed by atoms with Crippen LogP contribution in [0.25, 0.3) is 0 Å². The lowest BCUT2D eigenvalue weighted by molar-refractivity contribution is 0.579. The predicted molar refractivity (Wildman–Crippen MR) is 81.9 cm³/mol. The van der Waals surface area contributed by atoms with E-state index >= 15 is 0 Å². The van der Waals surface area contributed by atoms with Crippen LogP contribution in [0.1, 0.15) is 5.56 Å². The van der Waals surface area contributed by atoms with Crippen LogP contribution in [0.15, 0.2) is 32.3 Å². The molecule has 0 radical (unpaired) electrons. The second-order valence-electron chi connectivity index (χ2n) is 4.16. The van der Waals surface area contributed by atoms with E-state index in [1.807, 2.05) is 0 Å². The van der Waals surface area contributed by atoms with E-state index < -0.39 is 21.7 Å². The van der Waals surface area contributed by atoms with Gasteiger partial charge < -0.3 is 5.32 Å². The molecule has 0 aliphatic carbocycles. The van der Waals surface area contributed by atoms with Crippen LogP contribution in [0.4, 0.5) is 14.5 Å². The highest BCUT2D eigenvalue weighted by Crippen LogP contribution is 2.27. The molecule has 21 heavy (non-hydrogen) atoms. The van der Waals surface area contributed by atoms with Crippen LogP contribution in [0.3, 0.4) is 0 Å². The molecule has 2 N–H and O–H groups in total. The average molecular weight is 397 g/mol. The highest BCUT2D eigenvalue weighted by Gasteiger charge is 2.19. The van der Waals surface area contributed by atoms with Crippen LogP contribution in [0, 0.1) is 11.6 Å². The maximum absolute atomic E-state index is 13.6. The van der Waals surface area contributed by atoms with Gasteiger partial charge in [0.2, 0.25) is 0 Å². The van der Waals surface area contributed by atoms with Gasteiger partial charge in [0.1, 0.15) is 15.8 Å². The minimum Gasteiger partial charge on any atom is -0.316 e. The molecule has 0 aliphatic heterocycles. The number of nitrogens with one attached hydrogen (secondary N) is 2. The number of hydrogen-bond donors (Lipinski definition) is 2. The lowest BCUT2D eigenvalue weighted by Crippen LogP contribution is -2.13. The molecule has 9 heteroatoms. The Balaban J connectivity index is 2.30. The fourth-order valence-corrected chi connectivity index (χ4v) is 4.20. The maximum atomic E-state index is 13.6. The molecule has 1 aromatic heterocycles. The molecular weight excluding hydrogens is 386 g/mol. The summed E-state index contributed by atoms with van der Waals surface area (Å²) in [5.74, 6) is -1.78. The Morgan fingerprint density at radius 1 is 1.24 bits per heavy atom. The van der Waals surface area contributed by atoms with Crippen molar-refractivity contribution in [2.75, 3.05) is 11.8 Å². The fraction of sp³-hybridized carbons (Fsp3) is 0.167. The number of rotatable bonds is 5. The quantitative estimate of drug-likeness (QED) is 0.762. The van der Waals surface area contributed by atoms with E-state index in [2.05, 4.69) is 26.0 Å². The highest BCUT2D eigenvalue weighted by molar-refractivity contribution is 9.10. The van der Waals surface area contributed by atoms with E-state index in [9.17, 15) is 17.2 Å². The van der Waals surface area contributed by atoms with E-state index in [4.69, 9.17) is 0 Å². The Labute approximate surface area is 133 Å². The van der Waals surface area contributed by atoms with Crippen LogP contribution in [0.2, 0.25) is 0 Å². The van der Waals surface area contributed by atoms with E-state index in [1.165, 1.54) is 6.07 Å². The number of thiophene rings is 1. The Morgan fingerprint density at radius 2 is 1.95 bits per heavy atom. The molecule has 0 unspecified atom stereocenters. The van der Waals surface area contributed by atoms with Crippen molar-refractivity contribution in [3.63, 3.8) is 0 Å². The van der Waals surface area contributed by atoms with Gasteiger partial charge in [-0.15, -0.1) is 11.3 Å². The zero-order chi connectivity index (χ0) is 15.6. The first-order chi connectivity index (χ1) is 9.83. The Hall–Kier alpha value is -1.03. The molecule has 0 amide bonds. The molecule has 0 saturated heterocycles. The van der Waals surface area contributed by atoms with Crippen molar-refractivity contribution in [2.24, 2.45) is 0 Å². The summed E-state index contributed by atoms with van der Waals surface area (Å²) in [6.07, 6.45) is 0. The third kappa shape index (κ3) is 3.79. The van der Waals surface area contributed by atoms with Crippen LogP contribution in [0.5, 0.6) is 0 Å². The van der Waals surface area contributed by atoms with Gasteiger partial charge in [0.25, 0.3) is 10.0 Å². The van der Waals surface area contributed by atoms with Gasteiger partial charge in [-0.1, -0.05) is 0 Å². The zero-order valence-corrected chi connectivity index (χ0v) is 14.0. The average Bonchev–Trinajstić information content (AvgIpc) is 2.86. The minimum absolute atomic E-state index is 0.0244. The number of hydrogen-bond acceptors (Lipinski definition) is 4. The molecule has 0 fully saturated rings. The first-order valence-corrected chi connectivity index (χ1v) is 8.88. The zero-order valence-electron chi connectivity index (χ0n) is 10.8. The number of benzene rings is 1. The SMILES string of the molecule is CNCc1csc(S(=O)(=O)Nc2cc(Br)c(F)cc2F)c1. The van der Waals surface area contributed by atoms with Gasteiger partial charge in [-0.3, -0.25) is 4.72 Å². The molecule has 0 atom stereocenters. The van der Waals surface area contributed by atoms with Gasteiger partial charge in [-0.2, -0.15) is 0 Å². The molecule has 2 aromatic rings. The van der Waals surface area contributed by atoms with Gasteiger partial charge in [-0.05, 0) is 46.1 Å². The Bertz CT molecular complexity index is 763. The maximum Gasteiger partial charge on any atom is 0.271 e. The van der Waals surface area contributed by atoms with Gasteiger partial charge in [0, 0.05) is 12.6 Å². The van der Waals surface area contributed by atoms with Gasteiger partial charge in [0.05, 0.1) is 10.2 Å². The van der Waals surface area contributed by atoms with E-state index in [0.29, 0.717) is 12.6 Å². The monoisotopic (exact) mass is 396 g/mol. The van der Waals surface area contributed by atoms with Crippen LogP contribution >= 0.6 is 27.3 Å². The summed E-state index contributed by atoms with van der Waals surface area (Å²) in [6, 6.07) is 3.16. The van der Waals surface area contributed by atoms with Gasteiger partial charge in [0.15, 0.2) is 0 Å². The molecular formula is C12H11BrF2N2O2S2. The first-order valence-electron chi connectivity index (χ1n) is 5.73. The lowest BCUT2D eigenvalue weighted by Gasteiger charge is -2.08. The summed E-state index contributed by atoms with van der Waals surface area (Å²) in [6.45, 7) is 0.530.